The lowest BCUT2D eigenvalue weighted by molar-refractivity contribution is -0.142. The van der Waals surface area contributed by atoms with Crippen molar-refractivity contribution in [1.82, 2.24) is 9.80 Å². The molecule has 9 heteroatoms. The van der Waals surface area contributed by atoms with Crippen molar-refractivity contribution in [2.75, 3.05) is 44.2 Å². The van der Waals surface area contributed by atoms with Gasteiger partial charge in [-0.05, 0) is 43.7 Å². The van der Waals surface area contributed by atoms with Crippen LogP contribution in [0.25, 0.3) is 0 Å². The molecule has 1 atom stereocenters. The zero-order valence-electron chi connectivity index (χ0n) is 20.4. The van der Waals surface area contributed by atoms with Gasteiger partial charge in [0, 0.05) is 54.9 Å². The number of nitrogens with zero attached hydrogens (tertiary/aromatic N) is 3. The summed E-state index contributed by atoms with van der Waals surface area (Å²) in [4.78, 5) is 44.4. The summed E-state index contributed by atoms with van der Waals surface area (Å²) in [5, 5.41) is 0.656. The molecule has 1 unspecified atom stereocenters. The van der Waals surface area contributed by atoms with Crippen LogP contribution in [0.5, 0.6) is 0 Å². The van der Waals surface area contributed by atoms with E-state index in [9.17, 15) is 18.8 Å². The summed E-state index contributed by atoms with van der Waals surface area (Å²) in [7, 11) is 0. The van der Waals surface area contributed by atoms with Crippen LogP contribution in [0.15, 0.2) is 59.8 Å². The lowest BCUT2D eigenvalue weighted by Gasteiger charge is -2.38. The number of esters is 1. The number of allylic oxidation sites excluding steroid dienone is 1. The van der Waals surface area contributed by atoms with Crippen molar-refractivity contribution < 1.29 is 23.5 Å². The molecule has 0 radical (unpaired) electrons. The van der Waals surface area contributed by atoms with Crippen molar-refractivity contribution >= 4 is 35.1 Å². The third kappa shape index (κ3) is 5.38. The molecule has 0 bridgehead atoms. The number of carbonyl (C=O) groups is 3. The van der Waals surface area contributed by atoms with Gasteiger partial charge in [-0.15, -0.1) is 0 Å². The number of halogens is 2. The first-order valence-corrected chi connectivity index (χ1v) is 12.4. The van der Waals surface area contributed by atoms with Gasteiger partial charge in [0.05, 0.1) is 12.2 Å². The number of benzene rings is 2. The van der Waals surface area contributed by atoms with E-state index in [2.05, 4.69) is 4.90 Å². The van der Waals surface area contributed by atoms with Crippen LogP contribution < -0.4 is 4.90 Å². The Balaban J connectivity index is 1.51. The van der Waals surface area contributed by atoms with Gasteiger partial charge in [-0.3, -0.25) is 9.59 Å². The predicted octanol–water partition coefficient (Wildman–Crippen LogP) is 3.98. The Labute approximate surface area is 215 Å². The Bertz CT molecular complexity index is 1190. The molecule has 36 heavy (non-hydrogen) atoms. The summed E-state index contributed by atoms with van der Waals surface area (Å²) < 4.78 is 19.8. The third-order valence-corrected chi connectivity index (χ3v) is 6.93. The van der Waals surface area contributed by atoms with Gasteiger partial charge in [-0.25, -0.2) is 9.18 Å². The number of carbonyl (C=O) groups excluding carboxylic acids is 3. The lowest BCUT2D eigenvalue weighted by Crippen LogP contribution is -2.52. The number of ether oxygens (including phenoxy) is 1. The molecule has 0 aromatic heterocycles. The van der Waals surface area contributed by atoms with E-state index in [0.717, 1.165) is 5.69 Å². The maximum Gasteiger partial charge on any atom is 0.336 e. The minimum absolute atomic E-state index is 0.123. The first-order chi connectivity index (χ1) is 17.3. The van der Waals surface area contributed by atoms with E-state index in [-0.39, 0.29) is 42.5 Å². The van der Waals surface area contributed by atoms with E-state index >= 15 is 0 Å². The van der Waals surface area contributed by atoms with Crippen molar-refractivity contribution in [3.63, 3.8) is 0 Å². The molecular weight excluding hydrogens is 485 g/mol. The summed E-state index contributed by atoms with van der Waals surface area (Å²) >= 11 is 6.10. The average molecular weight is 514 g/mol. The molecule has 2 aromatic carbocycles. The largest absolute Gasteiger partial charge is 0.463 e. The van der Waals surface area contributed by atoms with Gasteiger partial charge in [-0.2, -0.15) is 0 Å². The summed E-state index contributed by atoms with van der Waals surface area (Å²) in [6.45, 7) is 5.53. The second kappa shape index (κ2) is 11.1. The van der Waals surface area contributed by atoms with Crippen LogP contribution in [-0.4, -0.2) is 66.9 Å². The van der Waals surface area contributed by atoms with E-state index in [1.54, 1.807) is 36.9 Å². The standard InChI is InChI=1S/C27H29ClFN3O4/c1-3-36-27(35)26-18(2)32(24(33)16-22(26)21-9-4-5-10-23(21)29)17-25(34)31-13-11-30(12-14-31)20-8-6-7-19(28)15-20/h4-10,15,22H,3,11-14,16-17H2,1-2H3. The van der Waals surface area contributed by atoms with Crippen LogP contribution in [0.4, 0.5) is 10.1 Å². The minimum Gasteiger partial charge on any atom is -0.463 e. The molecule has 7 nitrogen and oxygen atoms in total. The summed E-state index contributed by atoms with van der Waals surface area (Å²) in [5.41, 5.74) is 1.79. The number of hydrogen-bond acceptors (Lipinski definition) is 5. The average Bonchev–Trinajstić information content (AvgIpc) is 2.86. The maximum absolute atomic E-state index is 14.6. The fourth-order valence-electron chi connectivity index (χ4n) is 4.82. The molecule has 190 valence electrons. The SMILES string of the molecule is CCOC(=O)C1=C(C)N(CC(=O)N2CCN(c3cccc(Cl)c3)CC2)C(=O)CC1c1ccccc1F. The van der Waals surface area contributed by atoms with Gasteiger partial charge in [0.1, 0.15) is 12.4 Å². The molecule has 0 N–H and O–H groups in total. The van der Waals surface area contributed by atoms with Crippen molar-refractivity contribution in [3.05, 3.63) is 76.2 Å². The molecule has 0 aliphatic carbocycles. The zero-order valence-corrected chi connectivity index (χ0v) is 21.1. The Morgan fingerprint density at radius 2 is 1.81 bits per heavy atom. The van der Waals surface area contributed by atoms with Crippen molar-refractivity contribution in [1.29, 1.82) is 0 Å². The molecule has 2 amide bonds. The van der Waals surface area contributed by atoms with E-state index < -0.39 is 17.7 Å². The Morgan fingerprint density at radius 1 is 1.08 bits per heavy atom. The van der Waals surface area contributed by atoms with E-state index in [1.807, 2.05) is 24.3 Å². The number of amides is 2. The van der Waals surface area contributed by atoms with Crippen molar-refractivity contribution in [2.24, 2.45) is 0 Å². The highest BCUT2D eigenvalue weighted by molar-refractivity contribution is 6.30. The molecule has 4 rings (SSSR count). The minimum atomic E-state index is -0.773. The number of hydrogen-bond donors (Lipinski definition) is 0. The molecule has 2 heterocycles. The monoisotopic (exact) mass is 513 g/mol. The molecule has 1 fully saturated rings. The molecule has 0 saturated carbocycles. The first kappa shape index (κ1) is 25.7. The van der Waals surface area contributed by atoms with E-state index in [0.29, 0.717) is 36.9 Å². The van der Waals surface area contributed by atoms with Crippen LogP contribution in [0.1, 0.15) is 31.7 Å². The van der Waals surface area contributed by atoms with Gasteiger partial charge in [0.2, 0.25) is 11.8 Å². The normalized spacial score (nSPS) is 18.5. The fourth-order valence-corrected chi connectivity index (χ4v) is 5.01. The molecule has 2 aliphatic heterocycles. The second-order valence-corrected chi connectivity index (χ2v) is 9.26. The molecule has 0 spiro atoms. The Hall–Kier alpha value is -3.39. The summed E-state index contributed by atoms with van der Waals surface area (Å²) in [6, 6.07) is 13.7. The summed E-state index contributed by atoms with van der Waals surface area (Å²) in [5.74, 6) is -2.42. The van der Waals surface area contributed by atoms with Gasteiger partial charge in [0.25, 0.3) is 0 Å². The van der Waals surface area contributed by atoms with Crippen LogP contribution >= 0.6 is 11.6 Å². The second-order valence-electron chi connectivity index (χ2n) is 8.83. The topological polar surface area (TPSA) is 70.2 Å². The third-order valence-electron chi connectivity index (χ3n) is 6.70. The fraction of sp³-hybridized carbons (Fsp3) is 0.370. The molecule has 2 aromatic rings. The van der Waals surface area contributed by atoms with Gasteiger partial charge < -0.3 is 19.4 Å². The van der Waals surface area contributed by atoms with Crippen molar-refractivity contribution in [2.45, 2.75) is 26.2 Å². The number of rotatable bonds is 6. The quantitative estimate of drug-likeness (QED) is 0.546. The molecule has 1 saturated heterocycles. The highest BCUT2D eigenvalue weighted by atomic mass is 35.5. The zero-order chi connectivity index (χ0) is 25.8. The molecule has 2 aliphatic rings. The lowest BCUT2D eigenvalue weighted by atomic mass is 9.83. The Kier molecular flexibility index (Phi) is 7.94. The van der Waals surface area contributed by atoms with Gasteiger partial charge in [0.15, 0.2) is 0 Å². The molecular formula is C27H29ClFN3O4. The summed E-state index contributed by atoms with van der Waals surface area (Å²) in [6.07, 6.45) is -0.123. The van der Waals surface area contributed by atoms with E-state index in [4.69, 9.17) is 16.3 Å². The first-order valence-electron chi connectivity index (χ1n) is 12.0. The highest BCUT2D eigenvalue weighted by Crippen LogP contribution is 2.38. The van der Waals surface area contributed by atoms with Gasteiger partial charge in [-0.1, -0.05) is 35.9 Å². The van der Waals surface area contributed by atoms with E-state index in [1.165, 1.54) is 11.0 Å². The predicted molar refractivity (Wildman–Crippen MR) is 135 cm³/mol. The van der Waals surface area contributed by atoms with Crippen LogP contribution in [-0.2, 0) is 19.1 Å². The highest BCUT2D eigenvalue weighted by Gasteiger charge is 2.39. The van der Waals surface area contributed by atoms with Gasteiger partial charge >= 0.3 is 5.97 Å². The van der Waals surface area contributed by atoms with Crippen molar-refractivity contribution in [3.8, 4) is 0 Å². The maximum atomic E-state index is 14.6. The smallest absolute Gasteiger partial charge is 0.336 e. The van der Waals surface area contributed by atoms with Crippen LogP contribution in [0.2, 0.25) is 5.02 Å². The number of piperazine rings is 1. The Morgan fingerprint density at radius 3 is 2.47 bits per heavy atom. The van der Waals surface area contributed by atoms with Crippen LogP contribution in [0.3, 0.4) is 0 Å². The number of anilines is 1. The van der Waals surface area contributed by atoms with Crippen LogP contribution in [0, 0.1) is 5.82 Å².